The van der Waals surface area contributed by atoms with Crippen molar-refractivity contribution in [1.29, 1.82) is 0 Å². The Morgan fingerprint density at radius 2 is 1.85 bits per heavy atom. The lowest BCUT2D eigenvalue weighted by Gasteiger charge is -2.25. The van der Waals surface area contributed by atoms with E-state index < -0.39 is 0 Å². The van der Waals surface area contributed by atoms with E-state index in [0.717, 1.165) is 22.7 Å². The molecule has 0 aliphatic rings. The Bertz CT molecular complexity index is 1260. The van der Waals surface area contributed by atoms with E-state index in [9.17, 15) is 4.79 Å². The number of fused-ring (bicyclic) bond motifs is 1. The zero-order valence-electron chi connectivity index (χ0n) is 20.0. The molecule has 176 valence electrons. The minimum atomic E-state index is -0.128. The summed E-state index contributed by atoms with van der Waals surface area (Å²) in [5.74, 6) is 1.36. The standard InChI is InChI=1S/C27H30N4O3/c1-19-8-13-26-29-22(17-31(26)16-19)18-34-23-11-9-20(10-12-23)27(32)28-15-25(30(2)3)21-6-5-7-24(14-21)33-4/h5-14,16-17,25H,15,18H2,1-4H3,(H,28,32). The van der Waals surface area contributed by atoms with Gasteiger partial charge in [0.15, 0.2) is 0 Å². The lowest BCUT2D eigenvalue weighted by Crippen LogP contribution is -2.34. The number of likely N-dealkylation sites (N-methyl/N-ethyl adjacent to an activating group) is 1. The monoisotopic (exact) mass is 458 g/mol. The molecule has 34 heavy (non-hydrogen) atoms. The predicted molar refractivity (Wildman–Crippen MR) is 132 cm³/mol. The van der Waals surface area contributed by atoms with Gasteiger partial charge in [-0.2, -0.15) is 0 Å². The number of hydrogen-bond donors (Lipinski definition) is 1. The fourth-order valence-corrected chi connectivity index (χ4v) is 3.82. The first kappa shape index (κ1) is 23.3. The van der Waals surface area contributed by atoms with E-state index in [1.165, 1.54) is 5.56 Å². The summed E-state index contributed by atoms with van der Waals surface area (Å²) in [6.45, 7) is 2.88. The molecule has 7 heteroatoms. The number of rotatable bonds is 9. The number of methoxy groups -OCH3 is 1. The lowest BCUT2D eigenvalue weighted by atomic mass is 10.1. The SMILES string of the molecule is COc1cccc(C(CNC(=O)c2ccc(OCc3cn4cc(C)ccc4n3)cc2)N(C)C)c1. The molecule has 0 radical (unpaired) electrons. The van der Waals surface area contributed by atoms with Gasteiger partial charge in [-0.15, -0.1) is 0 Å². The van der Waals surface area contributed by atoms with E-state index in [2.05, 4.69) is 15.2 Å². The van der Waals surface area contributed by atoms with Crippen LogP contribution in [0.4, 0.5) is 0 Å². The van der Waals surface area contributed by atoms with Gasteiger partial charge in [0.1, 0.15) is 23.8 Å². The third-order valence-corrected chi connectivity index (χ3v) is 5.71. The summed E-state index contributed by atoms with van der Waals surface area (Å²) in [6.07, 6.45) is 4.00. The first-order valence-corrected chi connectivity index (χ1v) is 11.2. The number of ether oxygens (including phenoxy) is 2. The van der Waals surface area contributed by atoms with Crippen molar-refractivity contribution in [3.63, 3.8) is 0 Å². The number of carbonyl (C=O) groups excluding carboxylic acids is 1. The van der Waals surface area contributed by atoms with Gasteiger partial charge in [0, 0.05) is 24.5 Å². The van der Waals surface area contributed by atoms with Gasteiger partial charge >= 0.3 is 0 Å². The average Bonchev–Trinajstić information content (AvgIpc) is 3.25. The average molecular weight is 459 g/mol. The quantitative estimate of drug-likeness (QED) is 0.406. The van der Waals surface area contributed by atoms with Gasteiger partial charge in [-0.1, -0.05) is 18.2 Å². The number of benzene rings is 2. The van der Waals surface area contributed by atoms with E-state index in [0.29, 0.717) is 24.5 Å². The maximum atomic E-state index is 12.7. The fourth-order valence-electron chi connectivity index (χ4n) is 3.82. The fraction of sp³-hybridized carbons (Fsp3) is 0.259. The van der Waals surface area contributed by atoms with Crippen LogP contribution in [-0.4, -0.2) is 47.9 Å². The lowest BCUT2D eigenvalue weighted by molar-refractivity contribution is 0.0942. The molecule has 0 bridgehead atoms. The van der Waals surface area contributed by atoms with Crippen LogP contribution in [0, 0.1) is 6.92 Å². The number of imidazole rings is 1. The molecule has 0 fully saturated rings. The maximum Gasteiger partial charge on any atom is 0.251 e. The topological polar surface area (TPSA) is 68.1 Å². The van der Waals surface area contributed by atoms with Crippen LogP contribution in [0.25, 0.3) is 5.65 Å². The molecule has 0 aliphatic carbocycles. The van der Waals surface area contributed by atoms with E-state index in [4.69, 9.17) is 9.47 Å². The van der Waals surface area contributed by atoms with Gasteiger partial charge < -0.3 is 24.1 Å². The largest absolute Gasteiger partial charge is 0.497 e. The van der Waals surface area contributed by atoms with Crippen molar-refractivity contribution < 1.29 is 14.3 Å². The van der Waals surface area contributed by atoms with Gasteiger partial charge in [-0.05, 0) is 74.6 Å². The Kier molecular flexibility index (Phi) is 7.13. The molecule has 2 aromatic carbocycles. The summed E-state index contributed by atoms with van der Waals surface area (Å²) in [6, 6.07) is 19.1. The molecule has 2 heterocycles. The number of aryl methyl sites for hydroxylation is 1. The van der Waals surface area contributed by atoms with Crippen molar-refractivity contribution in [1.82, 2.24) is 19.6 Å². The van der Waals surface area contributed by atoms with Crippen molar-refractivity contribution >= 4 is 11.6 Å². The molecule has 0 saturated carbocycles. The number of amides is 1. The molecule has 7 nitrogen and oxygen atoms in total. The van der Waals surface area contributed by atoms with Crippen molar-refractivity contribution in [2.24, 2.45) is 0 Å². The Labute approximate surface area is 200 Å². The van der Waals surface area contributed by atoms with Crippen LogP contribution in [0.1, 0.15) is 33.2 Å². The smallest absolute Gasteiger partial charge is 0.251 e. The number of hydrogen-bond acceptors (Lipinski definition) is 5. The summed E-state index contributed by atoms with van der Waals surface area (Å²) in [5.41, 5.74) is 4.57. The van der Waals surface area contributed by atoms with Crippen LogP contribution in [0.3, 0.4) is 0 Å². The van der Waals surface area contributed by atoms with Crippen molar-refractivity contribution in [2.75, 3.05) is 27.7 Å². The van der Waals surface area contributed by atoms with Gasteiger partial charge in [0.2, 0.25) is 0 Å². The normalized spacial score (nSPS) is 12.0. The van der Waals surface area contributed by atoms with Crippen molar-refractivity contribution in [2.45, 2.75) is 19.6 Å². The Morgan fingerprint density at radius 1 is 1.06 bits per heavy atom. The van der Waals surface area contributed by atoms with Gasteiger partial charge in [-0.25, -0.2) is 4.98 Å². The molecule has 4 aromatic rings. The number of pyridine rings is 1. The summed E-state index contributed by atoms with van der Waals surface area (Å²) in [5, 5.41) is 3.04. The molecule has 0 spiro atoms. The molecular formula is C27H30N4O3. The molecule has 1 N–H and O–H groups in total. The van der Waals surface area contributed by atoms with Crippen LogP contribution >= 0.6 is 0 Å². The summed E-state index contributed by atoms with van der Waals surface area (Å²) in [4.78, 5) is 19.4. The van der Waals surface area contributed by atoms with Crippen LogP contribution in [0.15, 0.2) is 73.1 Å². The molecule has 1 amide bonds. The second-order valence-electron chi connectivity index (χ2n) is 8.48. The molecule has 1 atom stereocenters. The predicted octanol–water partition coefficient (Wildman–Crippen LogP) is 4.26. The molecular weight excluding hydrogens is 428 g/mol. The number of aromatic nitrogens is 2. The molecule has 0 aliphatic heterocycles. The van der Waals surface area contributed by atoms with Crippen LogP contribution < -0.4 is 14.8 Å². The highest BCUT2D eigenvalue weighted by Gasteiger charge is 2.17. The maximum absolute atomic E-state index is 12.7. The highest BCUT2D eigenvalue weighted by molar-refractivity contribution is 5.94. The Morgan fingerprint density at radius 3 is 2.59 bits per heavy atom. The van der Waals surface area contributed by atoms with Crippen molar-refractivity contribution in [3.05, 3.63) is 95.4 Å². The molecule has 0 saturated heterocycles. The molecule has 1 unspecified atom stereocenters. The minimum absolute atomic E-state index is 0.0240. The molecule has 2 aromatic heterocycles. The highest BCUT2D eigenvalue weighted by atomic mass is 16.5. The summed E-state index contributed by atoms with van der Waals surface area (Å²) < 4.78 is 13.2. The zero-order valence-corrected chi connectivity index (χ0v) is 20.0. The van der Waals surface area contributed by atoms with Crippen LogP contribution in [0.2, 0.25) is 0 Å². The minimum Gasteiger partial charge on any atom is -0.497 e. The van der Waals surface area contributed by atoms with E-state index >= 15 is 0 Å². The molecule has 4 rings (SSSR count). The Hall–Kier alpha value is -3.84. The van der Waals surface area contributed by atoms with Gasteiger partial charge in [0.05, 0.1) is 18.8 Å². The summed E-state index contributed by atoms with van der Waals surface area (Å²) in [7, 11) is 5.64. The van der Waals surface area contributed by atoms with Gasteiger partial charge in [-0.3, -0.25) is 4.79 Å². The van der Waals surface area contributed by atoms with E-state index in [1.54, 1.807) is 31.4 Å². The Balaban J connectivity index is 1.34. The third-order valence-electron chi connectivity index (χ3n) is 5.71. The number of nitrogens with zero attached hydrogens (tertiary/aromatic N) is 3. The number of carbonyl (C=O) groups is 1. The van der Waals surface area contributed by atoms with E-state index in [-0.39, 0.29) is 11.9 Å². The summed E-state index contributed by atoms with van der Waals surface area (Å²) >= 11 is 0. The first-order valence-electron chi connectivity index (χ1n) is 11.2. The third kappa shape index (κ3) is 5.55. The number of nitrogens with one attached hydrogen (secondary N) is 1. The first-order chi connectivity index (χ1) is 16.4. The second kappa shape index (κ2) is 10.4. The second-order valence-corrected chi connectivity index (χ2v) is 8.48. The van der Waals surface area contributed by atoms with Crippen LogP contribution in [0.5, 0.6) is 11.5 Å². The zero-order chi connectivity index (χ0) is 24.1. The van der Waals surface area contributed by atoms with Crippen LogP contribution in [-0.2, 0) is 6.61 Å². The van der Waals surface area contributed by atoms with Crippen molar-refractivity contribution in [3.8, 4) is 11.5 Å². The van der Waals surface area contributed by atoms with Gasteiger partial charge in [0.25, 0.3) is 5.91 Å². The van der Waals surface area contributed by atoms with E-state index in [1.807, 2.05) is 74.2 Å². The highest BCUT2D eigenvalue weighted by Crippen LogP contribution is 2.22.